The first-order chi connectivity index (χ1) is 9.79. The van der Waals surface area contributed by atoms with Gasteiger partial charge in [0.05, 0.1) is 25.0 Å². The molecule has 104 valence electrons. The molecule has 0 radical (unpaired) electrons. The minimum absolute atomic E-state index is 0.0290. The number of pyridine rings is 1. The molecule has 1 aliphatic carbocycles. The van der Waals surface area contributed by atoms with Crippen molar-refractivity contribution in [2.75, 3.05) is 7.11 Å². The van der Waals surface area contributed by atoms with Crippen LogP contribution in [-0.2, 0) is 6.42 Å². The Hall–Kier alpha value is -2.37. The Morgan fingerprint density at radius 1 is 1.55 bits per heavy atom. The third-order valence-electron chi connectivity index (χ3n) is 3.55. The number of aromatic amines is 1. The van der Waals surface area contributed by atoms with Crippen molar-refractivity contribution in [1.29, 1.82) is 0 Å². The van der Waals surface area contributed by atoms with Crippen LogP contribution in [0.4, 0.5) is 0 Å². The molecule has 2 aromatic rings. The molecule has 0 saturated heterocycles. The first kappa shape index (κ1) is 12.7. The molecule has 0 spiro atoms. The average molecular weight is 272 g/mol. The van der Waals surface area contributed by atoms with E-state index in [2.05, 4.69) is 20.5 Å². The molecule has 2 heterocycles. The third-order valence-corrected chi connectivity index (χ3v) is 3.55. The van der Waals surface area contributed by atoms with E-state index >= 15 is 0 Å². The van der Waals surface area contributed by atoms with Crippen molar-refractivity contribution in [3.8, 4) is 5.88 Å². The number of H-pyrrole nitrogens is 1. The Morgan fingerprint density at radius 2 is 2.45 bits per heavy atom. The number of hydrogen-bond donors (Lipinski definition) is 2. The van der Waals surface area contributed by atoms with Crippen molar-refractivity contribution in [3.05, 3.63) is 41.3 Å². The molecule has 1 aliphatic rings. The van der Waals surface area contributed by atoms with Crippen LogP contribution in [0.5, 0.6) is 5.88 Å². The van der Waals surface area contributed by atoms with Crippen LogP contribution >= 0.6 is 0 Å². The van der Waals surface area contributed by atoms with Crippen molar-refractivity contribution in [1.82, 2.24) is 20.5 Å². The SMILES string of the molecule is COc1ncccc1C(=O)N[C@H]1CCCc2cn[nH]c21. The minimum atomic E-state index is -0.178. The van der Waals surface area contributed by atoms with Gasteiger partial charge in [0.1, 0.15) is 5.56 Å². The van der Waals surface area contributed by atoms with Gasteiger partial charge >= 0.3 is 0 Å². The summed E-state index contributed by atoms with van der Waals surface area (Å²) in [4.78, 5) is 16.4. The highest BCUT2D eigenvalue weighted by atomic mass is 16.5. The van der Waals surface area contributed by atoms with E-state index < -0.39 is 0 Å². The molecule has 0 aromatic carbocycles. The zero-order valence-corrected chi connectivity index (χ0v) is 11.2. The molecule has 2 aromatic heterocycles. The fourth-order valence-electron chi connectivity index (χ4n) is 2.57. The highest BCUT2D eigenvalue weighted by Crippen LogP contribution is 2.28. The second-order valence-corrected chi connectivity index (χ2v) is 4.79. The number of ether oxygens (including phenoxy) is 1. The summed E-state index contributed by atoms with van der Waals surface area (Å²) in [6.45, 7) is 0. The zero-order valence-electron chi connectivity index (χ0n) is 11.2. The van der Waals surface area contributed by atoms with Crippen molar-refractivity contribution >= 4 is 5.91 Å². The Labute approximate surface area is 116 Å². The number of carbonyl (C=O) groups excluding carboxylic acids is 1. The number of aromatic nitrogens is 3. The second-order valence-electron chi connectivity index (χ2n) is 4.79. The van der Waals surface area contributed by atoms with Crippen molar-refractivity contribution < 1.29 is 9.53 Å². The van der Waals surface area contributed by atoms with Crippen molar-refractivity contribution in [3.63, 3.8) is 0 Å². The number of nitrogens with one attached hydrogen (secondary N) is 2. The molecule has 0 unspecified atom stereocenters. The normalized spacial score (nSPS) is 17.4. The van der Waals surface area contributed by atoms with E-state index in [1.165, 1.54) is 12.7 Å². The number of amides is 1. The number of nitrogens with zero attached hydrogens (tertiary/aromatic N) is 2. The summed E-state index contributed by atoms with van der Waals surface area (Å²) >= 11 is 0. The Kier molecular flexibility index (Phi) is 3.37. The summed E-state index contributed by atoms with van der Waals surface area (Å²) < 4.78 is 5.12. The van der Waals surface area contributed by atoms with Gasteiger partial charge in [0.2, 0.25) is 5.88 Å². The van der Waals surface area contributed by atoms with Crippen LogP contribution in [0, 0.1) is 0 Å². The van der Waals surface area contributed by atoms with Gasteiger partial charge in [-0.2, -0.15) is 5.10 Å². The topological polar surface area (TPSA) is 79.9 Å². The zero-order chi connectivity index (χ0) is 13.9. The summed E-state index contributed by atoms with van der Waals surface area (Å²) in [6, 6.07) is 3.40. The summed E-state index contributed by atoms with van der Waals surface area (Å²) in [6.07, 6.45) is 6.39. The lowest BCUT2D eigenvalue weighted by molar-refractivity contribution is 0.0928. The van der Waals surface area contributed by atoms with Crippen molar-refractivity contribution in [2.24, 2.45) is 0 Å². The number of methoxy groups -OCH3 is 1. The average Bonchev–Trinajstić information content (AvgIpc) is 2.96. The van der Waals surface area contributed by atoms with E-state index in [4.69, 9.17) is 4.74 Å². The van der Waals surface area contributed by atoms with Gasteiger partial charge in [0.25, 0.3) is 5.91 Å². The Morgan fingerprint density at radius 3 is 3.30 bits per heavy atom. The van der Waals surface area contributed by atoms with Gasteiger partial charge in [-0.05, 0) is 37.0 Å². The molecule has 0 fully saturated rings. The highest BCUT2D eigenvalue weighted by molar-refractivity contribution is 5.96. The van der Waals surface area contributed by atoms with Crippen molar-refractivity contribution in [2.45, 2.75) is 25.3 Å². The predicted molar refractivity (Wildman–Crippen MR) is 72.5 cm³/mol. The van der Waals surface area contributed by atoms with Crippen LogP contribution in [0.2, 0.25) is 0 Å². The maximum atomic E-state index is 12.4. The molecule has 0 saturated carbocycles. The molecule has 1 amide bonds. The summed E-state index contributed by atoms with van der Waals surface area (Å²) in [7, 11) is 1.51. The highest BCUT2D eigenvalue weighted by Gasteiger charge is 2.25. The van der Waals surface area contributed by atoms with Gasteiger partial charge in [0, 0.05) is 6.20 Å². The van der Waals surface area contributed by atoms with E-state index in [0.717, 1.165) is 25.0 Å². The van der Waals surface area contributed by atoms with Crippen LogP contribution in [0.3, 0.4) is 0 Å². The van der Waals surface area contributed by atoms with Gasteiger partial charge in [-0.25, -0.2) is 4.98 Å². The number of carbonyl (C=O) groups is 1. The van der Waals surface area contributed by atoms with E-state index in [1.807, 2.05) is 6.20 Å². The smallest absolute Gasteiger partial charge is 0.257 e. The quantitative estimate of drug-likeness (QED) is 0.889. The number of hydrogen-bond acceptors (Lipinski definition) is 4. The molecule has 0 bridgehead atoms. The maximum absolute atomic E-state index is 12.4. The van der Waals surface area contributed by atoms with E-state index in [9.17, 15) is 4.79 Å². The molecule has 1 atom stereocenters. The monoisotopic (exact) mass is 272 g/mol. The molecule has 20 heavy (non-hydrogen) atoms. The number of rotatable bonds is 3. The molecule has 2 N–H and O–H groups in total. The summed E-state index contributed by atoms with van der Waals surface area (Å²) in [5.74, 6) is 0.160. The van der Waals surface area contributed by atoms with Gasteiger partial charge in [-0.15, -0.1) is 0 Å². The lowest BCUT2D eigenvalue weighted by Gasteiger charge is -2.23. The summed E-state index contributed by atoms with van der Waals surface area (Å²) in [5, 5.41) is 10.1. The van der Waals surface area contributed by atoms with E-state index in [1.54, 1.807) is 18.3 Å². The third kappa shape index (κ3) is 2.24. The van der Waals surface area contributed by atoms with Gasteiger partial charge in [-0.3, -0.25) is 9.89 Å². The first-order valence-electron chi connectivity index (χ1n) is 6.61. The fraction of sp³-hybridized carbons (Fsp3) is 0.357. The lowest BCUT2D eigenvalue weighted by atomic mass is 9.93. The molecular weight excluding hydrogens is 256 g/mol. The summed E-state index contributed by atoms with van der Waals surface area (Å²) in [5.41, 5.74) is 2.63. The molecule has 0 aliphatic heterocycles. The standard InChI is InChI=1S/C14H16N4O2/c1-20-14-10(5-3-7-15-14)13(19)17-11-6-2-4-9-8-16-18-12(9)11/h3,5,7-8,11H,2,4,6H2,1H3,(H,16,18)(H,17,19)/t11-/m0/s1. The van der Waals surface area contributed by atoms with E-state index in [-0.39, 0.29) is 11.9 Å². The lowest BCUT2D eigenvalue weighted by Crippen LogP contribution is -2.31. The fourth-order valence-corrected chi connectivity index (χ4v) is 2.57. The number of fused-ring (bicyclic) bond motifs is 1. The maximum Gasteiger partial charge on any atom is 0.257 e. The van der Waals surface area contributed by atoms with Gasteiger partial charge in [0.15, 0.2) is 0 Å². The predicted octanol–water partition coefficient (Wildman–Crippen LogP) is 1.62. The molecule has 6 heteroatoms. The van der Waals surface area contributed by atoms with Crippen LogP contribution in [0.1, 0.15) is 40.5 Å². The Balaban J connectivity index is 1.81. The number of aryl methyl sites for hydroxylation is 1. The second kappa shape index (κ2) is 5.32. The largest absolute Gasteiger partial charge is 0.480 e. The van der Waals surface area contributed by atoms with Crippen LogP contribution in [0.15, 0.2) is 24.5 Å². The molecule has 3 rings (SSSR count). The minimum Gasteiger partial charge on any atom is -0.480 e. The molecule has 6 nitrogen and oxygen atoms in total. The van der Waals surface area contributed by atoms with Gasteiger partial charge in [-0.1, -0.05) is 0 Å². The van der Waals surface area contributed by atoms with E-state index in [0.29, 0.717) is 11.4 Å². The van der Waals surface area contributed by atoms with Crippen LogP contribution in [-0.4, -0.2) is 28.2 Å². The van der Waals surface area contributed by atoms with Crippen LogP contribution in [0.25, 0.3) is 0 Å². The first-order valence-corrected chi connectivity index (χ1v) is 6.61. The Bertz CT molecular complexity index is 623. The van der Waals surface area contributed by atoms with Crippen LogP contribution < -0.4 is 10.1 Å². The van der Waals surface area contributed by atoms with Gasteiger partial charge < -0.3 is 10.1 Å². The molecular formula is C14H16N4O2.